The fourth-order valence-electron chi connectivity index (χ4n) is 12.1. The number of carbonyl (C=O) groups is 12. The summed E-state index contributed by atoms with van der Waals surface area (Å²) in [6.07, 6.45) is -0.881. The van der Waals surface area contributed by atoms with E-state index >= 15 is 0 Å². The summed E-state index contributed by atoms with van der Waals surface area (Å²) in [5.41, 5.74) is 32.5. The van der Waals surface area contributed by atoms with Gasteiger partial charge in [-0.25, -0.2) is 4.79 Å². The molecule has 0 radical (unpaired) electrons. The zero-order valence-electron chi connectivity index (χ0n) is 66.0. The molecule has 640 valence electrons. The predicted molar refractivity (Wildman–Crippen MR) is 427 cm³/mol. The maximum absolute atomic E-state index is 14.7. The number of benzene rings is 3. The molecule has 2 aliphatic rings. The Labute approximate surface area is 673 Å². The molecule has 0 saturated carbocycles. The first kappa shape index (κ1) is 93.9. The van der Waals surface area contributed by atoms with E-state index in [1.165, 1.54) is 96.1 Å². The normalized spacial score (nSPS) is 13.8. The topological polar surface area (TPSA) is 781 Å². The first-order valence-electron chi connectivity index (χ1n) is 37.4. The lowest BCUT2D eigenvalue weighted by Crippen LogP contribution is -2.64. The van der Waals surface area contributed by atoms with E-state index in [2.05, 4.69) is 85.1 Å². The van der Waals surface area contributed by atoms with Gasteiger partial charge in [0.05, 0.1) is 5.56 Å². The molecule has 117 heavy (non-hydrogen) atoms. The van der Waals surface area contributed by atoms with Crippen LogP contribution in [-0.2, 0) is 58.3 Å². The third kappa shape index (κ3) is 28.7. The highest BCUT2D eigenvalue weighted by Crippen LogP contribution is 2.57. The maximum atomic E-state index is 14.7. The monoisotopic (exact) mass is 1640 g/mol. The Bertz CT molecular complexity index is 4180. The summed E-state index contributed by atoms with van der Waals surface area (Å²) in [5.74, 6) is -13.2. The number of aromatic hydroxyl groups is 2. The molecule has 3 aromatic rings. The van der Waals surface area contributed by atoms with Crippen molar-refractivity contribution in [1.82, 2.24) is 85.1 Å². The zero-order valence-corrected chi connectivity index (χ0v) is 66.0. The Balaban J connectivity index is 1.34. The quantitative estimate of drug-likeness (QED) is 0.0109. The number of phenols is 2. The number of rotatable bonds is 46. The minimum Gasteiger partial charge on any atom is -0.508 e. The summed E-state index contributed by atoms with van der Waals surface area (Å²) >= 11 is 0. The smallest absolute Gasteiger partial charge is 0.340 e. The molecule has 38 N–H and O–H groups in total. The summed E-state index contributed by atoms with van der Waals surface area (Å²) in [6.45, 7) is 7.64. The third-order valence-corrected chi connectivity index (χ3v) is 18.4. The van der Waals surface area contributed by atoms with E-state index in [9.17, 15) is 67.7 Å². The van der Waals surface area contributed by atoms with Crippen LogP contribution in [0.15, 0.2) is 54.6 Å². The molecule has 0 saturated heterocycles. The zero-order chi connectivity index (χ0) is 87.3. The average Bonchev–Trinajstić information content (AvgIpc) is 1.61. The van der Waals surface area contributed by atoms with E-state index < -0.39 is 166 Å². The molecular formula is C72H111N29O16. The highest BCUT2D eigenvalue weighted by Gasteiger charge is 2.54. The maximum Gasteiger partial charge on any atom is 0.340 e. The fraction of sp³-hybridized carbons (Fsp3) is 0.500. The number of esters is 1. The fourth-order valence-corrected chi connectivity index (χ4v) is 12.1. The van der Waals surface area contributed by atoms with Crippen molar-refractivity contribution in [2.75, 3.05) is 45.8 Å². The Kier molecular flexibility index (Phi) is 34.5. The van der Waals surface area contributed by atoms with E-state index in [0.717, 1.165) is 0 Å². The van der Waals surface area contributed by atoms with Crippen molar-refractivity contribution in [3.05, 3.63) is 82.4 Å². The molecule has 45 nitrogen and oxygen atoms in total. The van der Waals surface area contributed by atoms with Gasteiger partial charge in [0.15, 0.2) is 41.4 Å². The van der Waals surface area contributed by atoms with Crippen LogP contribution in [0.4, 0.5) is 0 Å². The number of fused-ring (bicyclic) bond motifs is 6. The van der Waals surface area contributed by atoms with Crippen molar-refractivity contribution in [2.24, 2.45) is 40.1 Å². The number of primary amides is 1. The van der Waals surface area contributed by atoms with Crippen molar-refractivity contribution in [2.45, 2.75) is 183 Å². The molecule has 0 fully saturated rings. The Morgan fingerprint density at radius 2 is 0.701 bits per heavy atom. The van der Waals surface area contributed by atoms with Crippen LogP contribution in [0.3, 0.4) is 0 Å². The van der Waals surface area contributed by atoms with Crippen LogP contribution >= 0.6 is 0 Å². The van der Waals surface area contributed by atoms with Gasteiger partial charge in [-0.1, -0.05) is 6.07 Å². The van der Waals surface area contributed by atoms with Crippen LogP contribution in [0.5, 0.6) is 23.0 Å². The summed E-state index contributed by atoms with van der Waals surface area (Å²) in [7, 11) is 0. The van der Waals surface area contributed by atoms with Crippen molar-refractivity contribution in [3.8, 4) is 23.0 Å². The summed E-state index contributed by atoms with van der Waals surface area (Å²) in [6, 6.07) is 3.91. The number of guanidine groups is 6. The average molecular weight is 1640 g/mol. The highest BCUT2D eigenvalue weighted by molar-refractivity contribution is 6.03. The molecule has 0 aromatic heterocycles. The van der Waals surface area contributed by atoms with Gasteiger partial charge >= 0.3 is 5.97 Å². The van der Waals surface area contributed by atoms with Crippen molar-refractivity contribution in [1.29, 1.82) is 32.5 Å². The SMILES string of the molecule is CC(C)(NC(=O)[C@H](CCCNC(=N)N)NC(=O)[C@H](CCCNC(=N)N)NC(=O)C(C)(C)NC(=O)[C@H](CCCNC(=N)N)NC(=O)[C@H](CCCNC(=N)N)NC(=O)C(C)(C)NC(=O)[C@H](CCCNC(=N)N)NC(=O)[C@H](CCCNC(=N)N)NC(=O)CCNC(=O)c1ccc2c(c1)C(=O)OC21c2ccc(O)cc2Oc2cc(O)ccc21)C(N)=O. The minimum absolute atomic E-state index is 0.00477. The van der Waals surface area contributed by atoms with Crippen LogP contribution in [0.25, 0.3) is 0 Å². The predicted octanol–water partition coefficient (Wildman–Crippen LogP) is -5.56. The Morgan fingerprint density at radius 3 is 1.03 bits per heavy atom. The molecule has 2 heterocycles. The lowest BCUT2D eigenvalue weighted by molar-refractivity contribution is -0.138. The van der Waals surface area contributed by atoms with Crippen LogP contribution in [0, 0.1) is 32.5 Å². The molecule has 0 aliphatic carbocycles. The molecule has 2 aliphatic heterocycles. The minimum atomic E-state index is -1.97. The van der Waals surface area contributed by atoms with Gasteiger partial charge in [-0.05, 0) is 155 Å². The summed E-state index contributed by atoms with van der Waals surface area (Å²) in [5, 5.41) is 108. The van der Waals surface area contributed by atoms with Gasteiger partial charge in [0, 0.05) is 86.6 Å². The second-order valence-corrected chi connectivity index (χ2v) is 29.3. The van der Waals surface area contributed by atoms with Gasteiger partial charge in [-0.2, -0.15) is 0 Å². The van der Waals surface area contributed by atoms with Crippen LogP contribution < -0.4 is 130 Å². The highest BCUT2D eigenvalue weighted by atomic mass is 16.6. The number of ether oxygens (including phenoxy) is 2. The number of phenolic OH excluding ortho intramolecular Hbond substituents is 2. The molecule has 45 heteroatoms. The van der Waals surface area contributed by atoms with Crippen LogP contribution in [-0.4, -0.2) is 216 Å². The largest absolute Gasteiger partial charge is 0.508 e. The van der Waals surface area contributed by atoms with Crippen LogP contribution in [0.2, 0.25) is 0 Å². The van der Waals surface area contributed by atoms with Gasteiger partial charge in [0.25, 0.3) is 5.91 Å². The number of hydrogen-bond acceptors (Lipinski definition) is 22. The Hall–Kier alpha value is -13.7. The van der Waals surface area contributed by atoms with E-state index in [0.29, 0.717) is 16.7 Å². The number of nitrogens with one attached hydrogen (secondary N) is 22. The van der Waals surface area contributed by atoms with Gasteiger partial charge in [-0.15, -0.1) is 0 Å². The lowest BCUT2D eigenvalue weighted by atomic mass is 9.77. The molecule has 6 atom stereocenters. The second kappa shape index (κ2) is 43.0. The third-order valence-electron chi connectivity index (χ3n) is 18.4. The number of nitrogens with two attached hydrogens (primary N) is 7. The van der Waals surface area contributed by atoms with Gasteiger partial charge in [0.1, 0.15) is 75.9 Å². The van der Waals surface area contributed by atoms with E-state index in [1.807, 2.05) is 0 Å². The first-order valence-corrected chi connectivity index (χ1v) is 37.4. The molecule has 0 unspecified atom stereocenters. The molecule has 3 aromatic carbocycles. The first-order chi connectivity index (χ1) is 54.9. The second-order valence-electron chi connectivity index (χ2n) is 29.3. The lowest BCUT2D eigenvalue weighted by Gasteiger charge is -2.36. The van der Waals surface area contributed by atoms with Gasteiger partial charge in [0.2, 0.25) is 59.1 Å². The molecular weight excluding hydrogens is 1530 g/mol. The Morgan fingerprint density at radius 1 is 0.393 bits per heavy atom. The van der Waals surface area contributed by atoms with Crippen molar-refractivity contribution < 1.29 is 77.2 Å². The van der Waals surface area contributed by atoms with Crippen molar-refractivity contribution >= 4 is 107 Å². The van der Waals surface area contributed by atoms with Crippen molar-refractivity contribution in [3.63, 3.8) is 0 Å². The van der Waals surface area contributed by atoms with Gasteiger partial charge < -0.3 is 145 Å². The van der Waals surface area contributed by atoms with Gasteiger partial charge in [-0.3, -0.25) is 85.2 Å². The molecule has 1 spiro atoms. The number of hydrogen-bond donors (Lipinski definition) is 31. The standard InChI is InChI=1S/C72H111N29O16/c1-69(2,60(73)113)99-56(109)46(16-10-29-90-66(80)81)95-54(107)44(14-8-27-88-64(76)77)97-62(115)71(5,6)101-58(111)48(18-12-31-92-68(84)85)96-55(108)45(15-9-28-89-65(78)79)98-61(114)70(3,4)100-57(110)47(17-11-30-91-67(82)83)94-53(106)43(13-7-26-87-63(74)75)93-51(104)25-32-86-52(105)36-19-22-40-39(33-36)59(112)117-72(40)41-23-20-37(102)34-49(41)116-50-35-38(103)21-24-42(50)72/h19-24,33-35,43-48,102-103H,7-18,25-32H2,1-6H3,(H2,73,113)(H,86,105)(H,93,104)(H,94,106)(H,95,107)(H,96,108)(H,97,115)(H,98,114)(H,99,109)(H,100,110)(H,101,111)(H4,74,75,87)(H4,76,77,88)(H4,78,79,89)(H4,80,81,90)(H4,82,83,91)(H4,84,85,92)/t43-,44-,45-,46-,47-,48-/m0/s1. The number of carbonyl (C=O) groups excluding carboxylic acids is 12. The summed E-state index contributed by atoms with van der Waals surface area (Å²) in [4.78, 5) is 169. The van der Waals surface area contributed by atoms with E-state index in [4.69, 9.17) is 82.1 Å². The summed E-state index contributed by atoms with van der Waals surface area (Å²) < 4.78 is 12.1. The molecule has 11 amide bonds. The van der Waals surface area contributed by atoms with E-state index in [1.54, 1.807) is 0 Å². The molecule has 0 bridgehead atoms. The number of amides is 11. The van der Waals surface area contributed by atoms with E-state index in [-0.39, 0.29) is 163 Å². The molecule has 5 rings (SSSR count). The van der Waals surface area contributed by atoms with Crippen LogP contribution in [0.1, 0.15) is 162 Å².